The molecule has 0 spiro atoms. The Balaban J connectivity index is 2.26. The second-order valence-corrected chi connectivity index (χ2v) is 3.35. The lowest BCUT2D eigenvalue weighted by Gasteiger charge is -2.03. The summed E-state index contributed by atoms with van der Waals surface area (Å²) in [7, 11) is 0. The molecule has 0 atom stereocenters. The fourth-order valence-electron chi connectivity index (χ4n) is 1.18. The van der Waals surface area contributed by atoms with Crippen LogP contribution in [0.4, 0.5) is 18.9 Å². The maximum Gasteiger partial charge on any atom is 0.504 e. The van der Waals surface area contributed by atoms with Crippen LogP contribution in [-0.2, 0) is 6.30 Å². The maximum atomic E-state index is 12.3. The van der Waals surface area contributed by atoms with E-state index in [1.54, 1.807) is 6.07 Å². The van der Waals surface area contributed by atoms with Crippen molar-refractivity contribution in [1.82, 2.24) is 14.8 Å². The first-order chi connectivity index (χ1) is 8.47. The van der Waals surface area contributed by atoms with Crippen LogP contribution in [0.15, 0.2) is 30.9 Å². The topological polar surface area (TPSA) is 56.7 Å². The summed E-state index contributed by atoms with van der Waals surface area (Å²) in [5, 5.41) is 3.16. The third-order valence-corrected chi connectivity index (χ3v) is 2.04. The molecule has 2 heterocycles. The first-order valence-corrected chi connectivity index (χ1v) is 4.80. The Morgan fingerprint density at radius 1 is 1.22 bits per heavy atom. The molecule has 18 heavy (non-hydrogen) atoms. The number of hydrogen-bond acceptors (Lipinski definition) is 3. The van der Waals surface area contributed by atoms with E-state index in [0.717, 1.165) is 12.4 Å². The van der Waals surface area contributed by atoms with E-state index >= 15 is 0 Å². The number of alkyl halides is 3. The third kappa shape index (κ3) is 2.60. The molecular formula is C11H7F3N4. The lowest BCUT2D eigenvalue weighted by Crippen LogP contribution is -2.16. The predicted octanol–water partition coefficient (Wildman–Crippen LogP) is 1.74. The van der Waals surface area contributed by atoms with E-state index < -0.39 is 6.30 Å². The van der Waals surface area contributed by atoms with Gasteiger partial charge in [-0.2, -0.15) is 9.78 Å². The van der Waals surface area contributed by atoms with Gasteiger partial charge in [-0.15, -0.1) is 13.2 Å². The zero-order valence-corrected chi connectivity index (χ0v) is 8.94. The normalized spacial score (nSPS) is 10.8. The number of pyridine rings is 1. The van der Waals surface area contributed by atoms with Crippen LogP contribution in [0.3, 0.4) is 0 Å². The average molecular weight is 252 g/mol. The van der Waals surface area contributed by atoms with E-state index in [0.29, 0.717) is 11.3 Å². The fourth-order valence-corrected chi connectivity index (χ4v) is 1.18. The quantitative estimate of drug-likeness (QED) is 0.726. The molecule has 0 unspecified atom stereocenters. The second-order valence-electron chi connectivity index (χ2n) is 3.35. The lowest BCUT2D eigenvalue weighted by atomic mass is 10.2. The van der Waals surface area contributed by atoms with Crippen LogP contribution >= 0.6 is 0 Å². The Bertz CT molecular complexity index is 619. The summed E-state index contributed by atoms with van der Waals surface area (Å²) in [6, 6.07) is 1.56. The number of halogens is 3. The van der Waals surface area contributed by atoms with E-state index in [1.165, 1.54) is 12.4 Å². The van der Waals surface area contributed by atoms with Crippen molar-refractivity contribution in [3.05, 3.63) is 42.0 Å². The Morgan fingerprint density at radius 3 is 2.61 bits per heavy atom. The van der Waals surface area contributed by atoms with Gasteiger partial charge >= 0.3 is 6.30 Å². The van der Waals surface area contributed by atoms with Crippen molar-refractivity contribution in [1.29, 1.82) is 0 Å². The molecule has 7 heteroatoms. The Morgan fingerprint density at radius 2 is 2.00 bits per heavy atom. The molecule has 0 amide bonds. The van der Waals surface area contributed by atoms with Crippen LogP contribution in [0.5, 0.6) is 0 Å². The van der Waals surface area contributed by atoms with Gasteiger partial charge in [0.05, 0.1) is 23.0 Å². The molecule has 0 saturated carbocycles. The Labute approximate surface area is 100 Å². The molecular weight excluding hydrogens is 245 g/mol. The average Bonchev–Trinajstić information content (AvgIpc) is 2.76. The lowest BCUT2D eigenvalue weighted by molar-refractivity contribution is -0.212. The molecule has 0 aliphatic carbocycles. The number of nitrogens with zero attached hydrogens (tertiary/aromatic N) is 3. The molecule has 0 aliphatic heterocycles. The van der Waals surface area contributed by atoms with E-state index in [4.69, 9.17) is 5.73 Å². The molecule has 0 radical (unpaired) electrons. The van der Waals surface area contributed by atoms with Crippen LogP contribution in [0, 0.1) is 11.8 Å². The second kappa shape index (κ2) is 4.41. The molecule has 4 nitrogen and oxygen atoms in total. The van der Waals surface area contributed by atoms with Gasteiger partial charge in [0.15, 0.2) is 0 Å². The highest BCUT2D eigenvalue weighted by molar-refractivity contribution is 5.55. The van der Waals surface area contributed by atoms with Gasteiger partial charge in [-0.1, -0.05) is 11.8 Å². The SMILES string of the molecule is Nc1ccncc1C#Cc1cnn(C(F)(F)F)c1. The highest BCUT2D eigenvalue weighted by atomic mass is 19.4. The summed E-state index contributed by atoms with van der Waals surface area (Å²) in [5.41, 5.74) is 6.64. The molecule has 2 N–H and O–H groups in total. The number of anilines is 1. The number of nitrogen functional groups attached to an aromatic ring is 1. The monoisotopic (exact) mass is 252 g/mol. The van der Waals surface area contributed by atoms with Gasteiger partial charge in [-0.25, -0.2) is 0 Å². The van der Waals surface area contributed by atoms with Crippen molar-refractivity contribution in [3.8, 4) is 11.8 Å². The molecule has 92 valence electrons. The van der Waals surface area contributed by atoms with Gasteiger partial charge in [0.2, 0.25) is 0 Å². The highest BCUT2D eigenvalue weighted by Crippen LogP contribution is 2.20. The van der Waals surface area contributed by atoms with Gasteiger partial charge in [0, 0.05) is 18.6 Å². The maximum absolute atomic E-state index is 12.3. The fraction of sp³-hybridized carbons (Fsp3) is 0.0909. The standard InChI is InChI=1S/C11H7F3N4/c12-11(13,14)18-7-8(5-17-18)1-2-9-6-16-4-3-10(9)15/h3-7H,(H2,15,16). The number of rotatable bonds is 0. The van der Waals surface area contributed by atoms with Crippen molar-refractivity contribution < 1.29 is 13.2 Å². The minimum absolute atomic E-state index is 0.108. The molecule has 0 bridgehead atoms. The molecule has 2 rings (SSSR count). The molecule has 0 aliphatic rings. The summed E-state index contributed by atoms with van der Waals surface area (Å²) in [4.78, 5) is 3.82. The number of nitrogens with two attached hydrogens (primary N) is 1. The molecule has 2 aromatic rings. The molecule has 0 saturated heterocycles. The highest BCUT2D eigenvalue weighted by Gasteiger charge is 2.31. The minimum atomic E-state index is -4.53. The van der Waals surface area contributed by atoms with Crippen LogP contribution in [0.25, 0.3) is 0 Å². The van der Waals surface area contributed by atoms with Crippen LogP contribution in [-0.4, -0.2) is 14.8 Å². The summed E-state index contributed by atoms with van der Waals surface area (Å²) in [5.74, 6) is 5.18. The van der Waals surface area contributed by atoms with E-state index in [1.807, 2.05) is 0 Å². The van der Waals surface area contributed by atoms with E-state index in [2.05, 4.69) is 21.9 Å². The number of hydrogen-bond donors (Lipinski definition) is 1. The van der Waals surface area contributed by atoms with Crippen LogP contribution < -0.4 is 5.73 Å². The zero-order valence-electron chi connectivity index (χ0n) is 8.94. The van der Waals surface area contributed by atoms with Gasteiger partial charge in [-0.05, 0) is 6.07 Å². The first-order valence-electron chi connectivity index (χ1n) is 4.80. The van der Waals surface area contributed by atoms with Crippen LogP contribution in [0.2, 0.25) is 0 Å². The zero-order chi connectivity index (χ0) is 13.2. The molecule has 2 aromatic heterocycles. The summed E-state index contributed by atoms with van der Waals surface area (Å²) >= 11 is 0. The molecule has 0 aromatic carbocycles. The van der Waals surface area contributed by atoms with E-state index in [9.17, 15) is 13.2 Å². The molecule has 0 fully saturated rings. The predicted molar refractivity (Wildman–Crippen MR) is 58.2 cm³/mol. The van der Waals surface area contributed by atoms with Crippen LogP contribution in [0.1, 0.15) is 11.1 Å². The summed E-state index contributed by atoms with van der Waals surface area (Å²) in [6.07, 6.45) is 0.249. The first kappa shape index (κ1) is 12.0. The third-order valence-electron chi connectivity index (χ3n) is 2.04. The van der Waals surface area contributed by atoms with Crippen molar-refractivity contribution >= 4 is 5.69 Å². The Hall–Kier alpha value is -2.49. The van der Waals surface area contributed by atoms with Crippen molar-refractivity contribution in [2.45, 2.75) is 6.30 Å². The summed E-state index contributed by atoms with van der Waals surface area (Å²) < 4.78 is 36.6. The van der Waals surface area contributed by atoms with Gasteiger partial charge < -0.3 is 5.73 Å². The van der Waals surface area contributed by atoms with Crippen molar-refractivity contribution in [2.24, 2.45) is 0 Å². The van der Waals surface area contributed by atoms with Gasteiger partial charge in [0.25, 0.3) is 0 Å². The van der Waals surface area contributed by atoms with E-state index in [-0.39, 0.29) is 10.2 Å². The Kier molecular flexibility index (Phi) is 2.93. The van der Waals surface area contributed by atoms with Crippen molar-refractivity contribution in [3.63, 3.8) is 0 Å². The summed E-state index contributed by atoms with van der Waals surface area (Å²) in [6.45, 7) is 0. The smallest absolute Gasteiger partial charge is 0.398 e. The number of aromatic nitrogens is 3. The van der Waals surface area contributed by atoms with Crippen molar-refractivity contribution in [2.75, 3.05) is 5.73 Å². The van der Waals surface area contributed by atoms with Gasteiger partial charge in [0.1, 0.15) is 0 Å². The van der Waals surface area contributed by atoms with Gasteiger partial charge in [-0.3, -0.25) is 4.98 Å². The minimum Gasteiger partial charge on any atom is -0.398 e. The largest absolute Gasteiger partial charge is 0.504 e.